The molecule has 4 heteroatoms. The van der Waals surface area contributed by atoms with Crippen LogP contribution in [-0.4, -0.2) is 22.4 Å². The summed E-state index contributed by atoms with van der Waals surface area (Å²) in [4.78, 5) is 11.9. The van der Waals surface area contributed by atoms with E-state index in [0.29, 0.717) is 6.61 Å². The van der Waals surface area contributed by atoms with E-state index in [4.69, 9.17) is 4.74 Å². The van der Waals surface area contributed by atoms with E-state index in [1.54, 1.807) is 4.68 Å². The molecule has 1 aromatic heterocycles. The summed E-state index contributed by atoms with van der Waals surface area (Å²) < 4.78 is 7.06. The zero-order chi connectivity index (χ0) is 14.7. The van der Waals surface area contributed by atoms with Gasteiger partial charge in [0.05, 0.1) is 12.1 Å². The van der Waals surface area contributed by atoms with Crippen LogP contribution in [0.25, 0.3) is 6.08 Å². The molecule has 1 saturated carbocycles. The molecule has 1 aliphatic carbocycles. The fourth-order valence-electron chi connectivity index (χ4n) is 2.44. The summed E-state index contributed by atoms with van der Waals surface area (Å²) in [6.45, 7) is 0.323. The van der Waals surface area contributed by atoms with E-state index in [9.17, 15) is 4.79 Å². The van der Waals surface area contributed by atoms with Crippen LogP contribution in [0.1, 0.15) is 23.5 Å². The number of rotatable bonds is 5. The molecule has 0 spiro atoms. The Morgan fingerprint density at radius 2 is 2.24 bits per heavy atom. The molecule has 0 amide bonds. The lowest BCUT2D eigenvalue weighted by molar-refractivity contribution is -0.144. The third kappa shape index (κ3) is 3.40. The number of hydrogen-bond acceptors (Lipinski definition) is 3. The largest absolute Gasteiger partial charge is 0.461 e. The van der Waals surface area contributed by atoms with Crippen LogP contribution >= 0.6 is 0 Å². The van der Waals surface area contributed by atoms with Gasteiger partial charge in [-0.3, -0.25) is 9.48 Å². The van der Waals surface area contributed by atoms with Gasteiger partial charge in [-0.05, 0) is 23.6 Å². The Morgan fingerprint density at radius 3 is 2.95 bits per heavy atom. The molecule has 1 aromatic carbocycles. The number of nitrogens with zero attached hydrogens (tertiary/aromatic N) is 2. The molecule has 4 nitrogen and oxygen atoms in total. The second-order valence-electron chi connectivity index (χ2n) is 5.34. The number of aryl methyl sites for hydroxylation is 1. The maximum atomic E-state index is 11.9. The van der Waals surface area contributed by atoms with E-state index in [1.165, 1.54) is 0 Å². The summed E-state index contributed by atoms with van der Waals surface area (Å²) in [6.07, 6.45) is 8.49. The molecule has 1 heterocycles. The first-order valence-corrected chi connectivity index (χ1v) is 7.11. The minimum Gasteiger partial charge on any atom is -0.461 e. The summed E-state index contributed by atoms with van der Waals surface area (Å²) in [5, 5.41) is 4.13. The van der Waals surface area contributed by atoms with E-state index in [0.717, 1.165) is 17.5 Å². The lowest BCUT2D eigenvalue weighted by Gasteiger charge is -2.00. The van der Waals surface area contributed by atoms with E-state index in [2.05, 4.69) is 5.10 Å². The third-order valence-corrected chi connectivity index (χ3v) is 3.68. The molecule has 1 fully saturated rings. The van der Waals surface area contributed by atoms with Gasteiger partial charge in [0.1, 0.15) is 6.61 Å². The maximum absolute atomic E-state index is 11.9. The van der Waals surface area contributed by atoms with E-state index in [-0.39, 0.29) is 17.8 Å². The van der Waals surface area contributed by atoms with Gasteiger partial charge in [-0.25, -0.2) is 0 Å². The summed E-state index contributed by atoms with van der Waals surface area (Å²) in [5.74, 6) is 0.171. The van der Waals surface area contributed by atoms with Crippen molar-refractivity contribution in [1.82, 2.24) is 9.78 Å². The van der Waals surface area contributed by atoms with E-state index in [1.807, 2.05) is 61.9 Å². The Bertz CT molecular complexity index is 646. The summed E-state index contributed by atoms with van der Waals surface area (Å²) in [6, 6.07) is 9.96. The quantitative estimate of drug-likeness (QED) is 0.792. The smallest absolute Gasteiger partial charge is 0.309 e. The van der Waals surface area contributed by atoms with Gasteiger partial charge in [-0.15, -0.1) is 0 Å². The summed E-state index contributed by atoms with van der Waals surface area (Å²) in [7, 11) is 1.88. The molecule has 0 N–H and O–H groups in total. The van der Waals surface area contributed by atoms with Crippen molar-refractivity contribution in [2.45, 2.75) is 12.3 Å². The van der Waals surface area contributed by atoms with Crippen LogP contribution < -0.4 is 0 Å². The monoisotopic (exact) mass is 282 g/mol. The highest BCUT2D eigenvalue weighted by molar-refractivity contribution is 5.77. The van der Waals surface area contributed by atoms with Crippen LogP contribution in [-0.2, 0) is 16.6 Å². The van der Waals surface area contributed by atoms with Crippen LogP contribution in [0.15, 0.2) is 48.8 Å². The Hall–Kier alpha value is -2.36. The maximum Gasteiger partial charge on any atom is 0.309 e. The van der Waals surface area contributed by atoms with Crippen LogP contribution in [0.5, 0.6) is 0 Å². The second-order valence-corrected chi connectivity index (χ2v) is 5.34. The Kier molecular flexibility index (Phi) is 3.86. The molecule has 0 bridgehead atoms. The lowest BCUT2D eigenvalue weighted by atomic mass is 10.2. The first kappa shape index (κ1) is 13.6. The fraction of sp³-hybridized carbons (Fsp3) is 0.294. The highest BCUT2D eigenvalue weighted by Gasteiger charge is 2.45. The number of esters is 1. The molecule has 0 saturated heterocycles. The molecule has 2 atom stereocenters. The van der Waals surface area contributed by atoms with E-state index < -0.39 is 0 Å². The minimum atomic E-state index is -0.110. The topological polar surface area (TPSA) is 44.1 Å². The molecule has 2 aromatic rings. The van der Waals surface area contributed by atoms with Gasteiger partial charge in [0, 0.05) is 19.2 Å². The first-order valence-electron chi connectivity index (χ1n) is 7.11. The average Bonchev–Trinajstić information content (AvgIpc) is 3.19. The standard InChI is InChI=1S/C17H18N2O2/c1-19-12-14(11-18-19)15-10-16(15)17(20)21-9-5-8-13-6-3-2-4-7-13/h2-8,11-12,15-16H,9-10H2,1H3/b8-5+. The second kappa shape index (κ2) is 5.95. The van der Waals surface area contributed by atoms with Crippen LogP contribution in [0, 0.1) is 5.92 Å². The normalized spacial score (nSPS) is 20.6. The molecule has 21 heavy (non-hydrogen) atoms. The van der Waals surface area contributed by atoms with Gasteiger partial charge >= 0.3 is 5.97 Å². The molecule has 0 aliphatic heterocycles. The van der Waals surface area contributed by atoms with Crippen molar-refractivity contribution >= 4 is 12.0 Å². The van der Waals surface area contributed by atoms with Crippen LogP contribution in [0.2, 0.25) is 0 Å². The first-order chi connectivity index (χ1) is 10.2. The molecular weight excluding hydrogens is 264 g/mol. The van der Waals surface area contributed by atoms with Crippen molar-refractivity contribution < 1.29 is 9.53 Å². The Balaban J connectivity index is 1.45. The van der Waals surface area contributed by atoms with Gasteiger partial charge < -0.3 is 4.74 Å². The zero-order valence-corrected chi connectivity index (χ0v) is 12.0. The predicted octanol–water partition coefficient (Wildman–Crippen LogP) is 2.78. The van der Waals surface area contributed by atoms with Crippen molar-refractivity contribution in [2.75, 3.05) is 6.61 Å². The molecule has 1 aliphatic rings. The summed E-state index contributed by atoms with van der Waals surface area (Å²) >= 11 is 0. The molecular formula is C17H18N2O2. The SMILES string of the molecule is Cn1cc(C2CC2C(=O)OC/C=C/c2ccccc2)cn1. The Morgan fingerprint density at radius 1 is 1.43 bits per heavy atom. The molecule has 108 valence electrons. The number of ether oxygens (including phenoxy) is 1. The van der Waals surface area contributed by atoms with Gasteiger partial charge in [-0.2, -0.15) is 5.10 Å². The number of carbonyl (C=O) groups is 1. The van der Waals surface area contributed by atoms with Crippen molar-refractivity contribution in [3.8, 4) is 0 Å². The highest BCUT2D eigenvalue weighted by atomic mass is 16.5. The Labute approximate surface area is 124 Å². The molecule has 3 rings (SSSR count). The third-order valence-electron chi connectivity index (χ3n) is 3.68. The van der Waals surface area contributed by atoms with Crippen molar-refractivity contribution in [3.63, 3.8) is 0 Å². The minimum absolute atomic E-state index is 0.000625. The van der Waals surface area contributed by atoms with Gasteiger partial charge in [-0.1, -0.05) is 36.4 Å². The number of benzene rings is 1. The summed E-state index contributed by atoms with van der Waals surface area (Å²) in [5.41, 5.74) is 2.23. The lowest BCUT2D eigenvalue weighted by Crippen LogP contribution is -2.07. The van der Waals surface area contributed by atoms with Gasteiger partial charge in [0.2, 0.25) is 0 Å². The number of carbonyl (C=O) groups excluding carboxylic acids is 1. The van der Waals surface area contributed by atoms with Crippen molar-refractivity contribution in [2.24, 2.45) is 13.0 Å². The predicted molar refractivity (Wildman–Crippen MR) is 80.5 cm³/mol. The molecule has 0 radical (unpaired) electrons. The van der Waals surface area contributed by atoms with Gasteiger partial charge in [0.15, 0.2) is 0 Å². The number of hydrogen-bond donors (Lipinski definition) is 0. The average molecular weight is 282 g/mol. The van der Waals surface area contributed by atoms with Crippen molar-refractivity contribution in [3.05, 3.63) is 59.9 Å². The van der Waals surface area contributed by atoms with Gasteiger partial charge in [0.25, 0.3) is 0 Å². The van der Waals surface area contributed by atoms with Crippen LogP contribution in [0.4, 0.5) is 0 Å². The van der Waals surface area contributed by atoms with Crippen molar-refractivity contribution in [1.29, 1.82) is 0 Å². The van der Waals surface area contributed by atoms with E-state index >= 15 is 0 Å². The number of aromatic nitrogens is 2. The highest BCUT2D eigenvalue weighted by Crippen LogP contribution is 2.47. The molecule has 2 unspecified atom stereocenters. The van der Waals surface area contributed by atoms with Crippen LogP contribution in [0.3, 0.4) is 0 Å². The fourth-order valence-corrected chi connectivity index (χ4v) is 2.44. The zero-order valence-electron chi connectivity index (χ0n) is 12.0.